The average molecular weight is 326 g/mol. The molecule has 0 heterocycles. The molecule has 0 aromatic heterocycles. The van der Waals surface area contributed by atoms with E-state index in [1.54, 1.807) is 24.3 Å². The quantitative estimate of drug-likeness (QED) is 0.830. The van der Waals surface area contributed by atoms with Gasteiger partial charge < -0.3 is 11.1 Å². The molecule has 0 bridgehead atoms. The summed E-state index contributed by atoms with van der Waals surface area (Å²) in [5, 5.41) is 2.75. The minimum Gasteiger partial charge on any atom is -0.366 e. The van der Waals surface area contributed by atoms with Crippen LogP contribution in [0.5, 0.6) is 0 Å². The Bertz CT molecular complexity index is 758. The number of nitrogens with one attached hydrogen (secondary N) is 1. The van der Waals surface area contributed by atoms with E-state index in [0.717, 1.165) is 17.7 Å². The van der Waals surface area contributed by atoms with Gasteiger partial charge in [0.25, 0.3) is 5.91 Å². The SMILES string of the molecule is NC(=O)c1ccccc1NC(=O)CSc1ccc2c(c1)CCC2. The van der Waals surface area contributed by atoms with Crippen molar-refractivity contribution < 1.29 is 9.59 Å². The minimum absolute atomic E-state index is 0.149. The molecule has 1 aliphatic carbocycles. The largest absolute Gasteiger partial charge is 0.366 e. The Morgan fingerprint density at radius 3 is 2.70 bits per heavy atom. The minimum atomic E-state index is -0.549. The number of fused-ring (bicyclic) bond motifs is 1. The number of anilines is 1. The standard InChI is InChI=1S/C18H18N2O2S/c19-18(22)15-6-1-2-7-16(15)20-17(21)11-23-14-9-8-12-4-3-5-13(12)10-14/h1-2,6-10H,3-5,11H2,(H2,19,22)(H,20,21). The Hall–Kier alpha value is -2.27. The maximum Gasteiger partial charge on any atom is 0.250 e. The highest BCUT2D eigenvalue weighted by atomic mass is 32.2. The maximum absolute atomic E-state index is 12.1. The fourth-order valence-electron chi connectivity index (χ4n) is 2.78. The van der Waals surface area contributed by atoms with E-state index < -0.39 is 5.91 Å². The van der Waals surface area contributed by atoms with Crippen LogP contribution in [0.2, 0.25) is 0 Å². The molecule has 0 saturated heterocycles. The van der Waals surface area contributed by atoms with Crippen molar-refractivity contribution in [1.82, 2.24) is 0 Å². The topological polar surface area (TPSA) is 72.2 Å². The van der Waals surface area contributed by atoms with Crippen LogP contribution < -0.4 is 11.1 Å². The molecule has 2 aromatic carbocycles. The van der Waals surface area contributed by atoms with Crippen molar-refractivity contribution in [2.75, 3.05) is 11.1 Å². The first kappa shape index (κ1) is 15.6. The summed E-state index contributed by atoms with van der Waals surface area (Å²) in [5.74, 6) is -0.400. The molecular formula is C18H18N2O2S. The Balaban J connectivity index is 1.61. The molecule has 1 aliphatic rings. The second kappa shape index (κ2) is 6.87. The normalized spacial score (nSPS) is 12.7. The molecule has 118 valence electrons. The highest BCUT2D eigenvalue weighted by Crippen LogP contribution is 2.27. The number of thioether (sulfide) groups is 1. The lowest BCUT2D eigenvalue weighted by atomic mass is 10.1. The van der Waals surface area contributed by atoms with Crippen LogP contribution in [-0.4, -0.2) is 17.6 Å². The molecule has 4 nitrogen and oxygen atoms in total. The number of hydrogen-bond donors (Lipinski definition) is 2. The zero-order chi connectivity index (χ0) is 16.2. The van der Waals surface area contributed by atoms with Gasteiger partial charge in [-0.15, -0.1) is 11.8 Å². The number of carbonyl (C=O) groups is 2. The van der Waals surface area contributed by atoms with Crippen LogP contribution in [0, 0.1) is 0 Å². The maximum atomic E-state index is 12.1. The third kappa shape index (κ3) is 3.74. The number of nitrogens with two attached hydrogens (primary N) is 1. The summed E-state index contributed by atoms with van der Waals surface area (Å²) in [6, 6.07) is 13.2. The molecule has 3 N–H and O–H groups in total. The van der Waals surface area contributed by atoms with Gasteiger partial charge in [0, 0.05) is 4.90 Å². The van der Waals surface area contributed by atoms with Gasteiger partial charge in [0.15, 0.2) is 0 Å². The third-order valence-corrected chi connectivity index (χ3v) is 4.90. The summed E-state index contributed by atoms with van der Waals surface area (Å²) in [4.78, 5) is 24.6. The van der Waals surface area contributed by atoms with Crippen LogP contribution in [0.25, 0.3) is 0 Å². The number of carbonyl (C=O) groups excluding carboxylic acids is 2. The van der Waals surface area contributed by atoms with Crippen LogP contribution in [-0.2, 0) is 17.6 Å². The van der Waals surface area contributed by atoms with Gasteiger partial charge in [-0.25, -0.2) is 0 Å². The predicted octanol–water partition coefficient (Wildman–Crippen LogP) is 3.01. The zero-order valence-electron chi connectivity index (χ0n) is 12.7. The van der Waals surface area contributed by atoms with Crippen LogP contribution in [0.1, 0.15) is 27.9 Å². The fourth-order valence-corrected chi connectivity index (χ4v) is 3.54. The second-order valence-corrected chi connectivity index (χ2v) is 6.58. The molecule has 0 radical (unpaired) electrons. The summed E-state index contributed by atoms with van der Waals surface area (Å²) in [7, 11) is 0. The average Bonchev–Trinajstić information content (AvgIpc) is 3.01. The Morgan fingerprint density at radius 1 is 1.09 bits per heavy atom. The van der Waals surface area contributed by atoms with Crippen molar-refractivity contribution in [1.29, 1.82) is 0 Å². The molecule has 0 unspecified atom stereocenters. The molecule has 5 heteroatoms. The van der Waals surface area contributed by atoms with E-state index in [1.807, 2.05) is 0 Å². The van der Waals surface area contributed by atoms with Crippen molar-refractivity contribution in [3.8, 4) is 0 Å². The molecule has 3 rings (SSSR count). The van der Waals surface area contributed by atoms with E-state index in [1.165, 1.54) is 29.3 Å². The summed E-state index contributed by atoms with van der Waals surface area (Å²) in [5.41, 5.74) is 8.92. The number of para-hydroxylation sites is 1. The second-order valence-electron chi connectivity index (χ2n) is 5.53. The lowest BCUT2D eigenvalue weighted by molar-refractivity contribution is -0.113. The van der Waals surface area contributed by atoms with E-state index in [-0.39, 0.29) is 5.91 Å². The molecule has 0 atom stereocenters. The van der Waals surface area contributed by atoms with Gasteiger partial charge in [0.05, 0.1) is 17.0 Å². The van der Waals surface area contributed by atoms with Crippen molar-refractivity contribution >= 4 is 29.3 Å². The smallest absolute Gasteiger partial charge is 0.250 e. The van der Waals surface area contributed by atoms with Crippen LogP contribution in [0.3, 0.4) is 0 Å². The van der Waals surface area contributed by atoms with E-state index in [9.17, 15) is 9.59 Å². The first-order chi connectivity index (χ1) is 11.1. The summed E-state index contributed by atoms with van der Waals surface area (Å²) >= 11 is 1.50. The Kier molecular flexibility index (Phi) is 4.67. The molecular weight excluding hydrogens is 308 g/mol. The van der Waals surface area contributed by atoms with Crippen molar-refractivity contribution in [2.45, 2.75) is 24.2 Å². The third-order valence-electron chi connectivity index (χ3n) is 3.91. The number of amides is 2. The lowest BCUT2D eigenvalue weighted by Crippen LogP contribution is -2.19. The van der Waals surface area contributed by atoms with E-state index >= 15 is 0 Å². The first-order valence-electron chi connectivity index (χ1n) is 7.57. The number of hydrogen-bond acceptors (Lipinski definition) is 3. The van der Waals surface area contributed by atoms with E-state index in [4.69, 9.17) is 5.73 Å². The molecule has 2 amide bonds. The predicted molar refractivity (Wildman–Crippen MR) is 92.8 cm³/mol. The van der Waals surface area contributed by atoms with E-state index in [0.29, 0.717) is 17.0 Å². The summed E-state index contributed by atoms with van der Waals surface area (Å²) in [6.07, 6.45) is 3.50. The van der Waals surface area contributed by atoms with Gasteiger partial charge in [-0.3, -0.25) is 9.59 Å². The van der Waals surface area contributed by atoms with Gasteiger partial charge in [-0.1, -0.05) is 18.2 Å². The molecule has 2 aromatic rings. The van der Waals surface area contributed by atoms with Gasteiger partial charge in [-0.2, -0.15) is 0 Å². The number of aryl methyl sites for hydroxylation is 2. The van der Waals surface area contributed by atoms with Crippen LogP contribution >= 0.6 is 11.8 Å². The molecule has 0 spiro atoms. The molecule has 23 heavy (non-hydrogen) atoms. The van der Waals surface area contributed by atoms with Crippen molar-refractivity contribution in [3.05, 3.63) is 59.2 Å². The van der Waals surface area contributed by atoms with Gasteiger partial charge >= 0.3 is 0 Å². The lowest BCUT2D eigenvalue weighted by Gasteiger charge is -2.09. The van der Waals surface area contributed by atoms with Gasteiger partial charge in [0.1, 0.15) is 0 Å². The highest BCUT2D eigenvalue weighted by Gasteiger charge is 2.13. The number of benzene rings is 2. The van der Waals surface area contributed by atoms with Crippen molar-refractivity contribution in [3.63, 3.8) is 0 Å². The highest BCUT2D eigenvalue weighted by molar-refractivity contribution is 8.00. The first-order valence-corrected chi connectivity index (χ1v) is 8.55. The van der Waals surface area contributed by atoms with Gasteiger partial charge in [0.2, 0.25) is 5.91 Å². The monoisotopic (exact) mass is 326 g/mol. The van der Waals surface area contributed by atoms with Crippen molar-refractivity contribution in [2.24, 2.45) is 5.73 Å². The molecule has 0 saturated carbocycles. The van der Waals surface area contributed by atoms with E-state index in [2.05, 4.69) is 23.5 Å². The van der Waals surface area contributed by atoms with Crippen LogP contribution in [0.4, 0.5) is 5.69 Å². The Labute approximate surface area is 139 Å². The van der Waals surface area contributed by atoms with Gasteiger partial charge in [-0.05, 0) is 54.7 Å². The summed E-state index contributed by atoms with van der Waals surface area (Å²) in [6.45, 7) is 0. The number of rotatable bonds is 5. The summed E-state index contributed by atoms with van der Waals surface area (Å²) < 4.78 is 0. The Morgan fingerprint density at radius 2 is 1.87 bits per heavy atom. The fraction of sp³-hybridized carbons (Fsp3) is 0.222. The van der Waals surface area contributed by atoms with Crippen LogP contribution in [0.15, 0.2) is 47.4 Å². The molecule has 0 aliphatic heterocycles. The zero-order valence-corrected chi connectivity index (χ0v) is 13.5. The molecule has 0 fully saturated rings. The number of primary amides is 1.